The number of alkyl halides is 3. The molecule has 0 saturated heterocycles. The second-order valence-electron chi connectivity index (χ2n) is 6.18. The first-order valence-corrected chi connectivity index (χ1v) is 8.42. The van der Waals surface area contributed by atoms with Gasteiger partial charge in [0, 0.05) is 25.9 Å². The predicted molar refractivity (Wildman–Crippen MR) is 85.8 cm³/mol. The molecule has 1 aliphatic heterocycles. The van der Waals surface area contributed by atoms with Gasteiger partial charge in [0.15, 0.2) is 5.82 Å². The summed E-state index contributed by atoms with van der Waals surface area (Å²) in [4.78, 5) is 17.5. The molecular weight excluding hydrogens is 354 g/mol. The molecule has 0 saturated carbocycles. The average molecular weight is 373 g/mol. The van der Waals surface area contributed by atoms with Crippen LogP contribution < -0.4 is 0 Å². The van der Waals surface area contributed by atoms with E-state index in [1.807, 2.05) is 6.92 Å². The van der Waals surface area contributed by atoms with Crippen LogP contribution in [0, 0.1) is 5.82 Å². The highest BCUT2D eigenvalue weighted by molar-refractivity contribution is 5.81. The van der Waals surface area contributed by atoms with Crippen molar-refractivity contribution in [2.24, 2.45) is 0 Å². The molecule has 0 fully saturated rings. The lowest BCUT2D eigenvalue weighted by Gasteiger charge is -2.28. The molecule has 0 unspecified atom stereocenters. The van der Waals surface area contributed by atoms with E-state index in [0.29, 0.717) is 26.0 Å². The van der Waals surface area contributed by atoms with Crippen molar-refractivity contribution in [1.29, 1.82) is 0 Å². The zero-order valence-corrected chi connectivity index (χ0v) is 14.3. The van der Waals surface area contributed by atoms with Gasteiger partial charge in [0.2, 0.25) is 5.91 Å². The van der Waals surface area contributed by atoms with Crippen molar-refractivity contribution >= 4 is 16.9 Å². The van der Waals surface area contributed by atoms with Crippen molar-refractivity contribution in [2.45, 2.75) is 39.0 Å². The first kappa shape index (κ1) is 18.6. The molecule has 3 rings (SSSR count). The van der Waals surface area contributed by atoms with Crippen LogP contribution in [0.4, 0.5) is 17.6 Å². The van der Waals surface area contributed by atoms with E-state index < -0.39 is 17.6 Å². The van der Waals surface area contributed by atoms with Crippen LogP contribution in [0.1, 0.15) is 31.0 Å². The maximum atomic E-state index is 14.7. The fraction of sp³-hybridized carbons (Fsp3) is 0.529. The third-order valence-electron chi connectivity index (χ3n) is 4.36. The smallest absolute Gasteiger partial charge is 0.381 e. The van der Waals surface area contributed by atoms with Crippen molar-refractivity contribution in [1.82, 2.24) is 14.5 Å². The van der Waals surface area contributed by atoms with Crippen molar-refractivity contribution in [2.75, 3.05) is 19.8 Å². The van der Waals surface area contributed by atoms with Crippen LogP contribution in [0.5, 0.6) is 0 Å². The number of rotatable bonds is 5. The zero-order valence-electron chi connectivity index (χ0n) is 14.3. The lowest BCUT2D eigenvalue weighted by molar-refractivity contribution is -0.137. The van der Waals surface area contributed by atoms with Crippen LogP contribution in [0.15, 0.2) is 12.3 Å². The predicted octanol–water partition coefficient (Wildman–Crippen LogP) is 3.35. The van der Waals surface area contributed by atoms with Crippen molar-refractivity contribution in [3.8, 4) is 0 Å². The number of hydrogen-bond donors (Lipinski definition) is 0. The molecule has 0 atom stereocenters. The Kier molecular flexibility index (Phi) is 5.17. The minimum absolute atomic E-state index is 0.0101. The molecule has 3 heterocycles. The molecule has 5 nitrogen and oxygen atoms in total. The number of aromatic nitrogens is 2. The van der Waals surface area contributed by atoms with E-state index in [-0.39, 0.29) is 42.1 Å². The molecule has 2 aromatic rings. The van der Waals surface area contributed by atoms with Crippen molar-refractivity contribution in [3.63, 3.8) is 0 Å². The number of ether oxygens (including phenoxy) is 1. The summed E-state index contributed by atoms with van der Waals surface area (Å²) in [5.74, 6) is -0.917. The monoisotopic (exact) mass is 373 g/mol. The average Bonchev–Trinajstić information content (AvgIpc) is 2.89. The summed E-state index contributed by atoms with van der Waals surface area (Å²) in [6.07, 6.45) is -2.83. The summed E-state index contributed by atoms with van der Waals surface area (Å²) in [5.41, 5.74) is -0.641. The summed E-state index contributed by atoms with van der Waals surface area (Å²) in [5, 5.41) is -0.171. The molecule has 0 spiro atoms. The summed E-state index contributed by atoms with van der Waals surface area (Å²) in [6.45, 7) is 3.48. The van der Waals surface area contributed by atoms with Crippen LogP contribution >= 0.6 is 0 Å². The lowest BCUT2D eigenvalue weighted by atomic mass is 10.2. The Morgan fingerprint density at radius 3 is 2.77 bits per heavy atom. The first-order chi connectivity index (χ1) is 12.3. The topological polar surface area (TPSA) is 47.4 Å². The van der Waals surface area contributed by atoms with Gasteiger partial charge in [0.25, 0.3) is 0 Å². The summed E-state index contributed by atoms with van der Waals surface area (Å²) < 4.78 is 60.0. The number of carbonyl (C=O) groups is 1. The van der Waals surface area contributed by atoms with Gasteiger partial charge in [-0.25, -0.2) is 9.37 Å². The highest BCUT2D eigenvalue weighted by Gasteiger charge is 2.33. The van der Waals surface area contributed by atoms with Crippen LogP contribution in [0.25, 0.3) is 11.0 Å². The van der Waals surface area contributed by atoms with Crippen LogP contribution in [-0.4, -0.2) is 40.1 Å². The highest BCUT2D eigenvalue weighted by Crippen LogP contribution is 2.33. The van der Waals surface area contributed by atoms with E-state index in [9.17, 15) is 22.4 Å². The lowest BCUT2D eigenvalue weighted by Crippen LogP contribution is -2.38. The van der Waals surface area contributed by atoms with Crippen molar-refractivity contribution < 1.29 is 27.1 Å². The van der Waals surface area contributed by atoms with E-state index in [1.165, 1.54) is 4.90 Å². The molecule has 0 radical (unpaired) electrons. The summed E-state index contributed by atoms with van der Waals surface area (Å²) in [7, 11) is 0. The Bertz CT molecular complexity index is 816. The summed E-state index contributed by atoms with van der Waals surface area (Å²) >= 11 is 0. The van der Waals surface area contributed by atoms with Gasteiger partial charge in [-0.05, 0) is 12.5 Å². The molecule has 0 bridgehead atoms. The van der Waals surface area contributed by atoms with Gasteiger partial charge in [-0.15, -0.1) is 0 Å². The SMILES string of the molecule is CCCOCCC(=O)N1CCn2c(c(F)c3cc(C(F)(F)F)cnc32)C1. The fourth-order valence-corrected chi connectivity index (χ4v) is 3.04. The van der Waals surface area contributed by atoms with Gasteiger partial charge in [0.1, 0.15) is 5.65 Å². The molecule has 26 heavy (non-hydrogen) atoms. The van der Waals surface area contributed by atoms with Crippen molar-refractivity contribution in [3.05, 3.63) is 29.3 Å². The maximum Gasteiger partial charge on any atom is 0.417 e. The molecule has 0 aromatic carbocycles. The number of pyridine rings is 1. The molecule has 142 valence electrons. The molecule has 2 aromatic heterocycles. The Balaban J connectivity index is 1.81. The fourth-order valence-electron chi connectivity index (χ4n) is 3.04. The second kappa shape index (κ2) is 7.22. The normalized spacial score (nSPS) is 14.7. The van der Waals surface area contributed by atoms with E-state index in [4.69, 9.17) is 4.74 Å². The van der Waals surface area contributed by atoms with Gasteiger partial charge in [-0.2, -0.15) is 13.2 Å². The Hall–Kier alpha value is -2.16. The van der Waals surface area contributed by atoms with Gasteiger partial charge in [-0.1, -0.05) is 6.92 Å². The molecular formula is C17H19F4N3O2. The molecule has 9 heteroatoms. The maximum absolute atomic E-state index is 14.7. The standard InChI is InChI=1S/C17H19F4N3O2/c1-2-6-26-7-3-14(25)23-4-5-24-13(10-23)15(18)12-8-11(17(19,20)21)9-22-16(12)24/h8-9H,2-7,10H2,1H3. The van der Waals surface area contributed by atoms with Gasteiger partial charge in [0.05, 0.1) is 36.2 Å². The van der Waals surface area contributed by atoms with Gasteiger partial charge < -0.3 is 14.2 Å². The highest BCUT2D eigenvalue weighted by atomic mass is 19.4. The van der Waals surface area contributed by atoms with Gasteiger partial charge in [-0.3, -0.25) is 4.79 Å². The molecule has 0 N–H and O–H groups in total. The quantitative estimate of drug-likeness (QED) is 0.597. The third-order valence-corrected chi connectivity index (χ3v) is 4.36. The molecule has 0 aliphatic carbocycles. The molecule has 1 amide bonds. The Morgan fingerprint density at radius 1 is 1.31 bits per heavy atom. The Morgan fingerprint density at radius 2 is 2.08 bits per heavy atom. The zero-order chi connectivity index (χ0) is 18.9. The minimum atomic E-state index is -4.59. The van der Waals surface area contributed by atoms with Gasteiger partial charge >= 0.3 is 6.18 Å². The minimum Gasteiger partial charge on any atom is -0.381 e. The van der Waals surface area contributed by atoms with Crippen LogP contribution in [-0.2, 0) is 28.8 Å². The number of hydrogen-bond acceptors (Lipinski definition) is 3. The van der Waals surface area contributed by atoms with E-state index in [1.54, 1.807) is 4.57 Å². The number of nitrogens with zero attached hydrogens (tertiary/aromatic N) is 3. The second-order valence-corrected chi connectivity index (χ2v) is 6.18. The van der Waals surface area contributed by atoms with E-state index >= 15 is 0 Å². The first-order valence-electron chi connectivity index (χ1n) is 8.42. The largest absolute Gasteiger partial charge is 0.417 e. The molecule has 1 aliphatic rings. The van der Waals surface area contributed by atoms with Crippen LogP contribution in [0.2, 0.25) is 0 Å². The number of halogens is 4. The number of amides is 1. The summed E-state index contributed by atoms with van der Waals surface area (Å²) in [6, 6.07) is 0.772. The number of carbonyl (C=O) groups excluding carboxylic acids is 1. The Labute approximate surface area is 147 Å². The third kappa shape index (κ3) is 3.53. The van der Waals surface area contributed by atoms with E-state index in [2.05, 4.69) is 4.98 Å². The number of fused-ring (bicyclic) bond motifs is 3. The van der Waals surface area contributed by atoms with Crippen LogP contribution in [0.3, 0.4) is 0 Å². The van der Waals surface area contributed by atoms with E-state index in [0.717, 1.165) is 12.5 Å².